The van der Waals surface area contributed by atoms with Crippen LogP contribution in [0.2, 0.25) is 0 Å². The molecule has 0 saturated carbocycles. The van der Waals surface area contributed by atoms with Gasteiger partial charge in [-0.3, -0.25) is 4.79 Å². The summed E-state index contributed by atoms with van der Waals surface area (Å²) < 4.78 is 4.66. The Morgan fingerprint density at radius 1 is 1.11 bits per heavy atom. The van der Waals surface area contributed by atoms with E-state index in [-0.39, 0.29) is 19.2 Å². The molecule has 0 spiro atoms. The average Bonchev–Trinajstić information content (AvgIpc) is 2.71. The molecule has 0 bridgehead atoms. The molecule has 0 fully saturated rings. The number of hydrogen-bond acceptors (Lipinski definition) is 5. The largest absolute Gasteiger partial charge is 0.469 e. The standard InChI is InChI=1S/C22H26O4S/c1-16(5-3-8-22(25)26-2)18-6-4-7-21(12-18)27-15-17-9-10-19(13-23)20(11-17)14-24/h4-7,9-12,23-24H,3,8,13-15H2,1-2H3/b16-5+. The lowest BCUT2D eigenvalue weighted by Crippen LogP contribution is -1.98. The first-order valence-electron chi connectivity index (χ1n) is 8.86. The molecule has 5 heteroatoms. The van der Waals surface area contributed by atoms with Gasteiger partial charge in [0.2, 0.25) is 0 Å². The molecule has 2 rings (SSSR count). The molecule has 0 saturated heterocycles. The van der Waals surface area contributed by atoms with Crippen LogP contribution >= 0.6 is 11.8 Å². The Morgan fingerprint density at radius 2 is 1.89 bits per heavy atom. The third-order valence-electron chi connectivity index (χ3n) is 4.33. The van der Waals surface area contributed by atoms with E-state index in [1.807, 2.05) is 31.2 Å². The topological polar surface area (TPSA) is 66.8 Å². The fourth-order valence-corrected chi connectivity index (χ4v) is 3.59. The van der Waals surface area contributed by atoms with Gasteiger partial charge in [0.1, 0.15) is 0 Å². The van der Waals surface area contributed by atoms with Gasteiger partial charge in [-0.15, -0.1) is 11.8 Å². The highest BCUT2D eigenvalue weighted by Gasteiger charge is 2.05. The van der Waals surface area contributed by atoms with Gasteiger partial charge in [-0.25, -0.2) is 0 Å². The molecule has 0 amide bonds. The zero-order valence-electron chi connectivity index (χ0n) is 15.8. The predicted octanol–water partition coefficient (Wildman–Crippen LogP) is 4.32. The first-order chi connectivity index (χ1) is 13.1. The lowest BCUT2D eigenvalue weighted by atomic mass is 10.1. The Labute approximate surface area is 164 Å². The quantitative estimate of drug-likeness (QED) is 0.496. The van der Waals surface area contributed by atoms with Gasteiger partial charge in [0.05, 0.1) is 20.3 Å². The SMILES string of the molecule is COC(=O)CC/C=C(\C)c1cccc(SCc2ccc(CO)c(CO)c2)c1. The van der Waals surface area contributed by atoms with Gasteiger partial charge in [0.25, 0.3) is 0 Å². The van der Waals surface area contributed by atoms with Crippen molar-refractivity contribution in [3.05, 3.63) is 70.8 Å². The van der Waals surface area contributed by atoms with E-state index in [4.69, 9.17) is 0 Å². The summed E-state index contributed by atoms with van der Waals surface area (Å²) in [6.45, 7) is 1.91. The summed E-state index contributed by atoms with van der Waals surface area (Å²) in [5.74, 6) is 0.589. The van der Waals surface area contributed by atoms with Crippen molar-refractivity contribution in [2.24, 2.45) is 0 Å². The van der Waals surface area contributed by atoms with Crippen molar-refractivity contribution in [3.63, 3.8) is 0 Å². The number of rotatable bonds is 9. The molecule has 4 nitrogen and oxygen atoms in total. The van der Waals surface area contributed by atoms with Crippen molar-refractivity contribution in [1.82, 2.24) is 0 Å². The van der Waals surface area contributed by atoms with Crippen LogP contribution in [0.4, 0.5) is 0 Å². The van der Waals surface area contributed by atoms with Crippen molar-refractivity contribution < 1.29 is 19.7 Å². The molecule has 0 radical (unpaired) electrons. The zero-order valence-corrected chi connectivity index (χ0v) is 16.6. The molecule has 0 aliphatic rings. The van der Waals surface area contributed by atoms with Gasteiger partial charge >= 0.3 is 5.97 Å². The van der Waals surface area contributed by atoms with Crippen LogP contribution < -0.4 is 0 Å². The second-order valence-electron chi connectivity index (χ2n) is 6.24. The number of hydrogen-bond donors (Lipinski definition) is 2. The van der Waals surface area contributed by atoms with E-state index in [2.05, 4.69) is 29.0 Å². The number of carbonyl (C=O) groups excluding carboxylic acids is 1. The fraction of sp³-hybridized carbons (Fsp3) is 0.318. The minimum Gasteiger partial charge on any atom is -0.469 e. The molecule has 0 heterocycles. The summed E-state index contributed by atoms with van der Waals surface area (Å²) in [4.78, 5) is 12.4. The maximum absolute atomic E-state index is 11.2. The van der Waals surface area contributed by atoms with E-state index < -0.39 is 0 Å². The first kappa shape index (κ1) is 21.2. The van der Waals surface area contributed by atoms with Crippen molar-refractivity contribution in [1.29, 1.82) is 0 Å². The minimum atomic E-state index is -0.196. The number of allylic oxidation sites excluding steroid dienone is 2. The molecule has 2 aromatic carbocycles. The predicted molar refractivity (Wildman–Crippen MR) is 109 cm³/mol. The highest BCUT2D eigenvalue weighted by atomic mass is 32.2. The molecule has 0 aromatic heterocycles. The molecule has 0 aliphatic carbocycles. The molecular formula is C22H26O4S. The van der Waals surface area contributed by atoms with E-state index in [1.165, 1.54) is 7.11 Å². The van der Waals surface area contributed by atoms with Gasteiger partial charge in [-0.05, 0) is 53.3 Å². The Hall–Kier alpha value is -2.08. The molecule has 27 heavy (non-hydrogen) atoms. The van der Waals surface area contributed by atoms with E-state index in [9.17, 15) is 15.0 Å². The van der Waals surface area contributed by atoms with Crippen LogP contribution in [0.3, 0.4) is 0 Å². The molecule has 2 N–H and O–H groups in total. The maximum Gasteiger partial charge on any atom is 0.305 e. The van der Waals surface area contributed by atoms with Crippen LogP contribution in [0.25, 0.3) is 5.57 Å². The molecule has 0 aliphatic heterocycles. The minimum absolute atomic E-state index is 0.0625. The smallest absolute Gasteiger partial charge is 0.305 e. The lowest BCUT2D eigenvalue weighted by molar-refractivity contribution is -0.140. The summed E-state index contributed by atoms with van der Waals surface area (Å²) in [5.41, 5.74) is 4.92. The van der Waals surface area contributed by atoms with Crippen LogP contribution in [-0.4, -0.2) is 23.3 Å². The second kappa shape index (κ2) is 10.9. The number of aliphatic hydroxyl groups excluding tert-OH is 2. The maximum atomic E-state index is 11.2. The summed E-state index contributed by atoms with van der Waals surface area (Å²) in [7, 11) is 1.40. The fourth-order valence-electron chi connectivity index (χ4n) is 2.69. The number of carbonyl (C=O) groups is 1. The molecule has 144 valence electrons. The van der Waals surface area contributed by atoms with E-state index in [0.29, 0.717) is 12.8 Å². The Morgan fingerprint density at radius 3 is 2.59 bits per heavy atom. The number of aliphatic hydroxyl groups is 2. The number of thioether (sulfide) groups is 1. The zero-order chi connectivity index (χ0) is 19.6. The Bertz CT molecular complexity index is 799. The van der Waals surface area contributed by atoms with E-state index >= 15 is 0 Å². The third kappa shape index (κ3) is 6.54. The number of esters is 1. The highest BCUT2D eigenvalue weighted by Crippen LogP contribution is 2.27. The monoisotopic (exact) mass is 386 g/mol. The van der Waals surface area contributed by atoms with E-state index in [1.54, 1.807) is 11.8 Å². The summed E-state index contributed by atoms with van der Waals surface area (Å²) >= 11 is 1.72. The van der Waals surface area contributed by atoms with Crippen LogP contribution in [-0.2, 0) is 28.5 Å². The molecule has 2 aromatic rings. The Balaban J connectivity index is 2.01. The molecule has 0 unspecified atom stereocenters. The number of methoxy groups -OCH3 is 1. The third-order valence-corrected chi connectivity index (χ3v) is 5.40. The first-order valence-corrected chi connectivity index (χ1v) is 9.85. The highest BCUT2D eigenvalue weighted by molar-refractivity contribution is 7.98. The lowest BCUT2D eigenvalue weighted by Gasteiger charge is -2.09. The summed E-state index contributed by atoms with van der Waals surface area (Å²) in [5, 5.41) is 18.7. The van der Waals surface area contributed by atoms with Crippen molar-refractivity contribution in [2.75, 3.05) is 7.11 Å². The van der Waals surface area contributed by atoms with Gasteiger partial charge in [0.15, 0.2) is 0 Å². The molecule has 0 atom stereocenters. The van der Waals surface area contributed by atoms with Crippen molar-refractivity contribution in [3.8, 4) is 0 Å². The van der Waals surface area contributed by atoms with Crippen LogP contribution in [0.1, 0.15) is 42.0 Å². The van der Waals surface area contributed by atoms with Crippen molar-refractivity contribution >= 4 is 23.3 Å². The number of ether oxygens (including phenoxy) is 1. The summed E-state index contributed by atoms with van der Waals surface area (Å²) in [6, 6.07) is 14.1. The Kier molecular flexibility index (Phi) is 8.58. The van der Waals surface area contributed by atoms with E-state index in [0.717, 1.165) is 38.5 Å². The average molecular weight is 387 g/mol. The molecular weight excluding hydrogens is 360 g/mol. The van der Waals surface area contributed by atoms with Crippen molar-refractivity contribution in [2.45, 2.75) is 43.6 Å². The van der Waals surface area contributed by atoms with Gasteiger partial charge in [-0.1, -0.05) is 36.4 Å². The van der Waals surface area contributed by atoms with Crippen LogP contribution in [0.5, 0.6) is 0 Å². The van der Waals surface area contributed by atoms with Gasteiger partial charge in [0, 0.05) is 17.1 Å². The van der Waals surface area contributed by atoms with Crippen LogP contribution in [0.15, 0.2) is 53.4 Å². The normalized spacial score (nSPS) is 11.5. The summed E-state index contributed by atoms with van der Waals surface area (Å²) in [6.07, 6.45) is 3.11. The number of benzene rings is 2. The van der Waals surface area contributed by atoms with Crippen LogP contribution in [0, 0.1) is 0 Å². The van der Waals surface area contributed by atoms with Gasteiger partial charge < -0.3 is 14.9 Å². The van der Waals surface area contributed by atoms with Gasteiger partial charge in [-0.2, -0.15) is 0 Å². The second-order valence-corrected chi connectivity index (χ2v) is 7.29.